The van der Waals surface area contributed by atoms with E-state index in [9.17, 15) is 9.59 Å². The third-order valence-corrected chi connectivity index (χ3v) is 3.30. The van der Waals surface area contributed by atoms with Crippen molar-refractivity contribution in [3.05, 3.63) is 12.7 Å². The fourth-order valence-electron chi connectivity index (χ4n) is 1.29. The van der Waals surface area contributed by atoms with E-state index in [0.717, 1.165) is 18.6 Å². The molecule has 0 aromatic carbocycles. The number of alkyl carbamates (subject to hydrolysis) is 1. The molecule has 6 heteroatoms. The van der Waals surface area contributed by atoms with Gasteiger partial charge in [-0.3, -0.25) is 0 Å². The van der Waals surface area contributed by atoms with Gasteiger partial charge in [-0.1, -0.05) is 6.08 Å². The average molecular weight is 303 g/mol. The molecular weight excluding hydrogens is 278 g/mol. The van der Waals surface area contributed by atoms with E-state index in [4.69, 9.17) is 4.74 Å². The van der Waals surface area contributed by atoms with Crippen LogP contribution in [0.25, 0.3) is 0 Å². The summed E-state index contributed by atoms with van der Waals surface area (Å²) in [6.07, 6.45) is 3.18. The van der Waals surface area contributed by atoms with Crippen molar-refractivity contribution in [1.29, 1.82) is 0 Å². The Morgan fingerprint density at radius 3 is 2.55 bits per heavy atom. The molecule has 5 nitrogen and oxygen atoms in total. The van der Waals surface area contributed by atoms with Crippen molar-refractivity contribution in [2.75, 3.05) is 18.6 Å². The molecule has 0 saturated carbocycles. The lowest BCUT2D eigenvalue weighted by atomic mass is 10.2. The summed E-state index contributed by atoms with van der Waals surface area (Å²) in [6, 6.07) is -0.691. The van der Waals surface area contributed by atoms with Crippen molar-refractivity contribution in [2.24, 2.45) is 0 Å². The van der Waals surface area contributed by atoms with Crippen molar-refractivity contribution < 1.29 is 19.1 Å². The summed E-state index contributed by atoms with van der Waals surface area (Å²) in [5.74, 6) is 0.894. The lowest BCUT2D eigenvalue weighted by Gasteiger charge is -2.22. The van der Waals surface area contributed by atoms with E-state index in [1.165, 1.54) is 7.11 Å². The fraction of sp³-hybridized carbons (Fsp3) is 0.714. The molecule has 0 aromatic heterocycles. The van der Waals surface area contributed by atoms with Gasteiger partial charge >= 0.3 is 12.1 Å². The number of thioether (sulfide) groups is 1. The summed E-state index contributed by atoms with van der Waals surface area (Å²) in [5, 5.41) is 2.54. The molecule has 1 N–H and O–H groups in total. The predicted octanol–water partition coefficient (Wildman–Crippen LogP) is 2.75. The van der Waals surface area contributed by atoms with Gasteiger partial charge in [-0.2, -0.15) is 11.8 Å². The van der Waals surface area contributed by atoms with E-state index in [2.05, 4.69) is 16.6 Å². The maximum absolute atomic E-state index is 11.7. The molecule has 1 atom stereocenters. The van der Waals surface area contributed by atoms with Crippen LogP contribution in [0, 0.1) is 0 Å². The lowest BCUT2D eigenvalue weighted by Crippen LogP contribution is -2.45. The average Bonchev–Trinajstić information content (AvgIpc) is 2.34. The number of nitrogens with one attached hydrogen (secondary N) is 1. The highest BCUT2D eigenvalue weighted by atomic mass is 32.2. The van der Waals surface area contributed by atoms with E-state index >= 15 is 0 Å². The SMILES string of the molecule is C=CCCCSC[C@H](NC(=O)OC(C)(C)C)C(=O)OC. The number of ether oxygens (including phenoxy) is 2. The van der Waals surface area contributed by atoms with Crippen molar-refractivity contribution >= 4 is 23.8 Å². The van der Waals surface area contributed by atoms with Gasteiger partial charge in [-0.25, -0.2) is 9.59 Å². The van der Waals surface area contributed by atoms with Crippen LogP contribution < -0.4 is 5.32 Å². The van der Waals surface area contributed by atoms with Crippen molar-refractivity contribution in [3.8, 4) is 0 Å². The molecule has 0 aromatic rings. The molecule has 0 aliphatic carbocycles. The summed E-state index contributed by atoms with van der Waals surface area (Å²) < 4.78 is 9.81. The number of unbranched alkanes of at least 4 members (excludes halogenated alkanes) is 1. The smallest absolute Gasteiger partial charge is 0.408 e. The molecule has 0 radical (unpaired) electrons. The number of esters is 1. The highest BCUT2D eigenvalue weighted by Gasteiger charge is 2.24. The molecule has 0 aliphatic heterocycles. The molecule has 0 fully saturated rings. The third-order valence-electron chi connectivity index (χ3n) is 2.16. The van der Waals surface area contributed by atoms with Gasteiger partial charge in [0.1, 0.15) is 11.6 Å². The van der Waals surface area contributed by atoms with Crippen LogP contribution in [0.3, 0.4) is 0 Å². The first-order valence-electron chi connectivity index (χ1n) is 6.56. The van der Waals surface area contributed by atoms with Gasteiger partial charge in [0, 0.05) is 5.75 Å². The minimum absolute atomic E-state index is 0.461. The molecule has 20 heavy (non-hydrogen) atoms. The Kier molecular flexibility index (Phi) is 9.12. The second-order valence-corrected chi connectivity index (χ2v) is 6.38. The summed E-state index contributed by atoms with van der Waals surface area (Å²) in [6.45, 7) is 8.95. The highest BCUT2D eigenvalue weighted by molar-refractivity contribution is 7.99. The van der Waals surface area contributed by atoms with Crippen LogP contribution in [0.5, 0.6) is 0 Å². The minimum atomic E-state index is -0.691. The van der Waals surface area contributed by atoms with Crippen LogP contribution in [0.4, 0.5) is 4.79 Å². The molecular formula is C14H25NO4S. The van der Waals surface area contributed by atoms with Gasteiger partial charge in [-0.15, -0.1) is 6.58 Å². The van der Waals surface area contributed by atoms with Crippen molar-refractivity contribution in [1.82, 2.24) is 5.32 Å². The van der Waals surface area contributed by atoms with Crippen LogP contribution in [-0.4, -0.2) is 42.3 Å². The number of hydrogen-bond acceptors (Lipinski definition) is 5. The lowest BCUT2D eigenvalue weighted by molar-refractivity contribution is -0.142. The first-order chi connectivity index (χ1) is 9.30. The molecule has 0 unspecified atom stereocenters. The maximum Gasteiger partial charge on any atom is 0.408 e. The Morgan fingerprint density at radius 2 is 2.05 bits per heavy atom. The molecule has 0 aliphatic rings. The molecule has 0 spiro atoms. The van der Waals surface area contributed by atoms with Crippen molar-refractivity contribution in [2.45, 2.75) is 45.3 Å². The standard InChI is InChI=1S/C14H25NO4S/c1-6-7-8-9-20-10-11(12(16)18-5)15-13(17)19-14(2,3)4/h6,11H,1,7-10H2,2-5H3,(H,15,17)/t11-/m0/s1. The number of carbonyl (C=O) groups excluding carboxylic acids is 2. The van der Waals surface area contributed by atoms with Crippen LogP contribution in [0.1, 0.15) is 33.6 Å². The van der Waals surface area contributed by atoms with Gasteiger partial charge in [-0.05, 0) is 39.4 Å². The van der Waals surface area contributed by atoms with E-state index in [0.29, 0.717) is 5.75 Å². The number of allylic oxidation sites excluding steroid dienone is 1. The second-order valence-electron chi connectivity index (χ2n) is 5.23. The van der Waals surface area contributed by atoms with Gasteiger partial charge in [0.05, 0.1) is 7.11 Å². The highest BCUT2D eigenvalue weighted by Crippen LogP contribution is 2.10. The van der Waals surface area contributed by atoms with Crippen molar-refractivity contribution in [3.63, 3.8) is 0 Å². The largest absolute Gasteiger partial charge is 0.467 e. The Bertz CT molecular complexity index is 326. The summed E-state index contributed by atoms with van der Waals surface area (Å²) in [4.78, 5) is 23.3. The number of methoxy groups -OCH3 is 1. The molecule has 0 heterocycles. The zero-order chi connectivity index (χ0) is 15.6. The Hall–Kier alpha value is -1.17. The van der Waals surface area contributed by atoms with E-state index in [-0.39, 0.29) is 0 Å². The molecule has 0 rings (SSSR count). The van der Waals surface area contributed by atoms with Crippen LogP contribution in [0.15, 0.2) is 12.7 Å². The minimum Gasteiger partial charge on any atom is -0.467 e. The Balaban J connectivity index is 4.25. The zero-order valence-corrected chi connectivity index (χ0v) is 13.5. The first kappa shape index (κ1) is 18.8. The molecule has 116 valence electrons. The quantitative estimate of drug-likeness (QED) is 0.424. The number of amides is 1. The maximum atomic E-state index is 11.7. The third kappa shape index (κ3) is 9.72. The fourth-order valence-corrected chi connectivity index (χ4v) is 2.28. The Labute approximate surface area is 125 Å². The number of carbonyl (C=O) groups is 2. The topological polar surface area (TPSA) is 64.6 Å². The molecule has 0 bridgehead atoms. The number of hydrogen-bond donors (Lipinski definition) is 1. The van der Waals surface area contributed by atoms with Gasteiger partial charge in [0.15, 0.2) is 0 Å². The van der Waals surface area contributed by atoms with Crippen LogP contribution in [0.2, 0.25) is 0 Å². The van der Waals surface area contributed by atoms with E-state index in [1.54, 1.807) is 32.5 Å². The van der Waals surface area contributed by atoms with Gasteiger partial charge < -0.3 is 14.8 Å². The monoisotopic (exact) mass is 303 g/mol. The number of rotatable bonds is 8. The predicted molar refractivity (Wildman–Crippen MR) is 81.9 cm³/mol. The summed E-state index contributed by atoms with van der Waals surface area (Å²) in [7, 11) is 1.30. The second kappa shape index (κ2) is 9.69. The molecule has 0 saturated heterocycles. The van der Waals surface area contributed by atoms with Crippen LogP contribution >= 0.6 is 11.8 Å². The van der Waals surface area contributed by atoms with Gasteiger partial charge in [0.25, 0.3) is 0 Å². The summed E-state index contributed by atoms with van der Waals surface area (Å²) >= 11 is 1.59. The molecule has 1 amide bonds. The van der Waals surface area contributed by atoms with Gasteiger partial charge in [0.2, 0.25) is 0 Å². The van der Waals surface area contributed by atoms with E-state index < -0.39 is 23.7 Å². The Morgan fingerprint density at radius 1 is 1.40 bits per heavy atom. The summed E-state index contributed by atoms with van der Waals surface area (Å²) in [5.41, 5.74) is -0.595. The first-order valence-corrected chi connectivity index (χ1v) is 7.71. The zero-order valence-electron chi connectivity index (χ0n) is 12.7. The van der Waals surface area contributed by atoms with E-state index in [1.807, 2.05) is 6.08 Å². The normalized spacial score (nSPS) is 12.4. The van der Waals surface area contributed by atoms with Crippen LogP contribution in [-0.2, 0) is 14.3 Å².